The average Bonchev–Trinajstić information content (AvgIpc) is 2.93. The third-order valence-electron chi connectivity index (χ3n) is 7.32. The number of primary amides is 1. The van der Waals surface area contributed by atoms with Crippen molar-refractivity contribution in [2.45, 2.75) is 131 Å². The first-order valence-corrected chi connectivity index (χ1v) is 18.2. The summed E-state index contributed by atoms with van der Waals surface area (Å²) >= 11 is 1.48. The van der Waals surface area contributed by atoms with Crippen LogP contribution in [0, 0.1) is 23.7 Å². The third kappa shape index (κ3) is 17.9. The molecular weight excluding hydrogens is 640 g/mol. The summed E-state index contributed by atoms with van der Waals surface area (Å²) in [6.07, 6.45) is -0.178. The number of carbonyl (C=O) groups excluding carboxylic acids is 6. The van der Waals surface area contributed by atoms with Crippen LogP contribution < -0.4 is 32.3 Å². The van der Waals surface area contributed by atoms with Crippen LogP contribution in [0.5, 0.6) is 0 Å². The van der Waals surface area contributed by atoms with Crippen molar-refractivity contribution in [3.8, 4) is 0 Å². The number of nitrogens with two attached hydrogens (primary N) is 1. The van der Waals surface area contributed by atoms with Gasteiger partial charge in [-0.2, -0.15) is 11.8 Å². The molecule has 0 aromatic carbocycles. The molecule has 15 heteroatoms. The van der Waals surface area contributed by atoms with Gasteiger partial charge in [-0.25, -0.2) is 4.79 Å². The minimum absolute atomic E-state index is 0.0130. The predicted octanol–water partition coefficient (Wildman–Crippen LogP) is 1.82. The van der Waals surface area contributed by atoms with E-state index >= 15 is 0 Å². The Balaban J connectivity index is 6.08. The summed E-state index contributed by atoms with van der Waals surface area (Å²) in [4.78, 5) is 77.4. The lowest BCUT2D eigenvalue weighted by Gasteiger charge is -2.31. The topological polar surface area (TPSA) is 218 Å². The molecule has 0 aromatic rings. The van der Waals surface area contributed by atoms with Crippen LogP contribution in [0.25, 0.3) is 0 Å². The Labute approximate surface area is 291 Å². The van der Waals surface area contributed by atoms with Crippen molar-refractivity contribution in [3.05, 3.63) is 0 Å². The Morgan fingerprint density at radius 3 is 1.81 bits per heavy atom. The number of amides is 6. The highest BCUT2D eigenvalue weighted by Gasteiger charge is 2.35. The Morgan fingerprint density at radius 1 is 0.792 bits per heavy atom. The Kier molecular flexibility index (Phi) is 20.4. The molecule has 0 saturated carbocycles. The minimum atomic E-state index is -1.28. The van der Waals surface area contributed by atoms with Gasteiger partial charge in [0.2, 0.25) is 29.5 Å². The van der Waals surface area contributed by atoms with Crippen molar-refractivity contribution >= 4 is 47.4 Å². The van der Waals surface area contributed by atoms with Crippen LogP contribution in [0.15, 0.2) is 0 Å². The number of hydrogen-bond donors (Lipinski definition) is 7. The number of aliphatic hydroxyl groups is 1. The minimum Gasteiger partial charge on any atom is -0.444 e. The molecule has 0 aromatic heterocycles. The first-order chi connectivity index (χ1) is 22.1. The Hall–Kier alpha value is -3.07. The number of nitrogens with one attached hydrogen (secondary N) is 5. The van der Waals surface area contributed by atoms with E-state index in [1.807, 2.05) is 20.1 Å². The van der Waals surface area contributed by atoms with Gasteiger partial charge in [0.15, 0.2) is 0 Å². The maximum Gasteiger partial charge on any atom is 0.408 e. The van der Waals surface area contributed by atoms with E-state index in [0.29, 0.717) is 18.7 Å². The van der Waals surface area contributed by atoms with Gasteiger partial charge < -0.3 is 42.2 Å². The van der Waals surface area contributed by atoms with E-state index in [9.17, 15) is 33.9 Å². The summed E-state index contributed by atoms with van der Waals surface area (Å²) in [6.45, 7) is 18.1. The number of thioether (sulfide) groups is 1. The van der Waals surface area contributed by atoms with Crippen LogP contribution in [0.3, 0.4) is 0 Å². The lowest BCUT2D eigenvalue weighted by atomic mass is 9.89. The second-order valence-corrected chi connectivity index (χ2v) is 15.2. The Morgan fingerprint density at radius 2 is 1.35 bits per heavy atom. The smallest absolute Gasteiger partial charge is 0.408 e. The molecule has 0 aliphatic carbocycles. The molecule has 0 rings (SSSR count). The Bertz CT molecular complexity index is 1070. The van der Waals surface area contributed by atoms with Gasteiger partial charge >= 0.3 is 6.09 Å². The van der Waals surface area contributed by atoms with Crippen molar-refractivity contribution < 1.29 is 38.6 Å². The number of hydrogen-bond acceptors (Lipinski definition) is 9. The molecule has 14 nitrogen and oxygen atoms in total. The van der Waals surface area contributed by atoms with Crippen LogP contribution in [0.2, 0.25) is 0 Å². The number of aliphatic hydroxyl groups excluding tert-OH is 1. The lowest BCUT2D eigenvalue weighted by Crippen LogP contribution is -2.58. The molecule has 0 radical (unpaired) electrons. The molecule has 278 valence electrons. The number of alkyl carbamates (subject to hydrolysis) is 1. The second-order valence-electron chi connectivity index (χ2n) is 14.3. The number of likely N-dealkylation sites (N-methyl/N-ethyl adjacent to an activating group) is 1. The van der Waals surface area contributed by atoms with E-state index in [2.05, 4.69) is 26.6 Å². The van der Waals surface area contributed by atoms with Crippen molar-refractivity contribution in [2.75, 3.05) is 18.6 Å². The standard InChI is InChI=1S/C33H62N6O8S/c1-12-35-30(44)26(19(4)5)38-28(42)21(17-25(34)41)16-24(40)23(15-18(2)3)37-29(43)22(13-14-48-11)36-31(45)27(20(6)7)39-32(46)47-33(8,9)10/h18-24,26-27,40H,12-17H2,1-11H3,(H2,34,41)(H,35,44)(H,36,45)(H,37,43)(H,38,42)(H,39,46)/t21-,22-,23-,24-,26-,27-/m0/s1. The maximum atomic E-state index is 13.7. The van der Waals surface area contributed by atoms with Gasteiger partial charge in [0, 0.05) is 18.9 Å². The average molecular weight is 703 g/mol. The highest BCUT2D eigenvalue weighted by Crippen LogP contribution is 2.20. The fourth-order valence-electron chi connectivity index (χ4n) is 4.91. The van der Waals surface area contributed by atoms with E-state index in [4.69, 9.17) is 10.5 Å². The van der Waals surface area contributed by atoms with Gasteiger partial charge in [-0.1, -0.05) is 41.5 Å². The van der Waals surface area contributed by atoms with E-state index < -0.39 is 71.5 Å². The molecule has 0 aliphatic rings. The zero-order chi connectivity index (χ0) is 37.4. The van der Waals surface area contributed by atoms with Crippen LogP contribution in [-0.4, -0.2) is 95.2 Å². The van der Waals surface area contributed by atoms with Crippen LogP contribution >= 0.6 is 11.8 Å². The molecule has 6 atom stereocenters. The molecule has 0 aliphatic heterocycles. The van der Waals surface area contributed by atoms with Crippen molar-refractivity contribution in [2.24, 2.45) is 29.4 Å². The summed E-state index contributed by atoms with van der Waals surface area (Å²) in [5, 5.41) is 25.0. The zero-order valence-corrected chi connectivity index (χ0v) is 31.5. The quantitative estimate of drug-likeness (QED) is 0.0927. The van der Waals surface area contributed by atoms with Crippen molar-refractivity contribution in [1.29, 1.82) is 0 Å². The summed E-state index contributed by atoms with van der Waals surface area (Å²) in [6, 6.07) is -3.69. The molecule has 0 unspecified atom stereocenters. The van der Waals surface area contributed by atoms with Crippen LogP contribution in [0.1, 0.15) is 94.9 Å². The van der Waals surface area contributed by atoms with Gasteiger partial charge in [-0.05, 0) is 76.7 Å². The largest absolute Gasteiger partial charge is 0.444 e. The van der Waals surface area contributed by atoms with Crippen molar-refractivity contribution in [1.82, 2.24) is 26.6 Å². The number of ether oxygens (including phenoxy) is 1. The highest BCUT2D eigenvalue weighted by molar-refractivity contribution is 7.98. The normalized spacial score (nSPS) is 15.5. The van der Waals surface area contributed by atoms with E-state index in [0.717, 1.165) is 0 Å². The summed E-state index contributed by atoms with van der Waals surface area (Å²) in [5.74, 6) is -3.97. The number of rotatable bonds is 21. The summed E-state index contributed by atoms with van der Waals surface area (Å²) < 4.78 is 5.31. The molecule has 0 saturated heterocycles. The van der Waals surface area contributed by atoms with E-state index in [-0.39, 0.29) is 42.9 Å². The first-order valence-electron chi connectivity index (χ1n) is 16.8. The van der Waals surface area contributed by atoms with Crippen LogP contribution in [0.4, 0.5) is 4.79 Å². The first kappa shape index (κ1) is 44.9. The molecule has 0 bridgehead atoms. The third-order valence-corrected chi connectivity index (χ3v) is 7.97. The monoisotopic (exact) mass is 702 g/mol. The van der Waals surface area contributed by atoms with Crippen molar-refractivity contribution in [3.63, 3.8) is 0 Å². The zero-order valence-electron chi connectivity index (χ0n) is 30.7. The van der Waals surface area contributed by atoms with Gasteiger partial charge in [0.25, 0.3) is 0 Å². The lowest BCUT2D eigenvalue weighted by molar-refractivity contribution is -0.135. The molecule has 0 fully saturated rings. The fraction of sp³-hybridized carbons (Fsp3) is 0.818. The molecule has 0 spiro atoms. The highest BCUT2D eigenvalue weighted by atomic mass is 32.2. The van der Waals surface area contributed by atoms with E-state index in [1.54, 1.807) is 55.4 Å². The van der Waals surface area contributed by atoms with Gasteiger partial charge in [0.05, 0.1) is 12.1 Å². The molecular formula is C33H62N6O8S. The SMILES string of the molecule is CCNC(=O)[C@@H](NC(=O)[C@H](CC(N)=O)C[C@H](O)[C@H](CC(C)C)NC(=O)[C@H](CCSC)NC(=O)[C@@H](NC(=O)OC(C)(C)C)C(C)C)C(C)C. The second kappa shape index (κ2) is 21.8. The molecule has 0 heterocycles. The molecule has 8 N–H and O–H groups in total. The maximum absolute atomic E-state index is 13.7. The predicted molar refractivity (Wildman–Crippen MR) is 188 cm³/mol. The summed E-state index contributed by atoms with van der Waals surface area (Å²) in [5.41, 5.74) is 4.68. The van der Waals surface area contributed by atoms with Gasteiger partial charge in [0.1, 0.15) is 23.7 Å². The van der Waals surface area contributed by atoms with Crippen LogP contribution in [-0.2, 0) is 28.7 Å². The number of carbonyl (C=O) groups is 6. The molecule has 48 heavy (non-hydrogen) atoms. The van der Waals surface area contributed by atoms with Gasteiger partial charge in [-0.15, -0.1) is 0 Å². The fourth-order valence-corrected chi connectivity index (χ4v) is 5.38. The molecule has 6 amide bonds. The van der Waals surface area contributed by atoms with E-state index in [1.165, 1.54) is 11.8 Å². The summed E-state index contributed by atoms with van der Waals surface area (Å²) in [7, 11) is 0. The van der Waals surface area contributed by atoms with Gasteiger partial charge in [-0.3, -0.25) is 24.0 Å².